The lowest BCUT2D eigenvalue weighted by molar-refractivity contribution is -0.124. The van der Waals surface area contributed by atoms with Gasteiger partial charge >= 0.3 is 0 Å². The van der Waals surface area contributed by atoms with Gasteiger partial charge in [-0.15, -0.1) is 0 Å². The molecule has 2 heteroatoms. The Balaban J connectivity index is 2.59. The van der Waals surface area contributed by atoms with Gasteiger partial charge in [0.1, 0.15) is 6.61 Å². The predicted octanol–water partition coefficient (Wildman–Crippen LogP) is 2.84. The second-order valence-electron chi connectivity index (χ2n) is 4.51. The molecule has 0 fully saturated rings. The van der Waals surface area contributed by atoms with E-state index in [1.54, 1.807) is 0 Å². The highest BCUT2D eigenvalue weighted by atomic mass is 16.5. The molecule has 0 aliphatic heterocycles. The first kappa shape index (κ1) is 12.9. The molecule has 0 aliphatic carbocycles. The van der Waals surface area contributed by atoms with Crippen LogP contribution in [0, 0.1) is 13.8 Å². The quantitative estimate of drug-likeness (QED) is 0.762. The van der Waals surface area contributed by atoms with Gasteiger partial charge in [0.15, 0.2) is 5.78 Å². The fraction of sp³-hybridized carbons (Fsp3) is 0.500. The van der Waals surface area contributed by atoms with Crippen molar-refractivity contribution < 1.29 is 9.53 Å². The van der Waals surface area contributed by atoms with Gasteiger partial charge in [0, 0.05) is 6.42 Å². The van der Waals surface area contributed by atoms with E-state index in [0.717, 1.165) is 5.56 Å². The molecule has 2 nitrogen and oxygen atoms in total. The van der Waals surface area contributed by atoms with Crippen LogP contribution in [0.3, 0.4) is 0 Å². The normalized spacial score (nSPS) is 10.8. The predicted molar refractivity (Wildman–Crippen MR) is 65.7 cm³/mol. The summed E-state index contributed by atoms with van der Waals surface area (Å²) in [6.07, 6.45) is 0.586. The number of Topliss-reactive ketones (excluding diaryl/α,β-unsaturated/α-hetero) is 1. The lowest BCUT2D eigenvalue weighted by Crippen LogP contribution is -2.15. The van der Waals surface area contributed by atoms with E-state index in [2.05, 4.69) is 18.2 Å². The van der Waals surface area contributed by atoms with E-state index in [-0.39, 0.29) is 18.5 Å². The molecule has 0 spiro atoms. The van der Waals surface area contributed by atoms with Crippen molar-refractivity contribution in [2.45, 2.75) is 40.2 Å². The van der Waals surface area contributed by atoms with Crippen LogP contribution in [0.25, 0.3) is 0 Å². The highest BCUT2D eigenvalue weighted by Gasteiger charge is 2.07. The Morgan fingerprint density at radius 1 is 1.31 bits per heavy atom. The Bertz CT molecular complexity index is 367. The lowest BCUT2D eigenvalue weighted by atomic mass is 10.0. The zero-order chi connectivity index (χ0) is 12.1. The van der Waals surface area contributed by atoms with Crippen LogP contribution in [-0.4, -0.2) is 18.5 Å². The first-order chi connectivity index (χ1) is 7.49. The van der Waals surface area contributed by atoms with Crippen molar-refractivity contribution in [3.63, 3.8) is 0 Å². The van der Waals surface area contributed by atoms with Crippen molar-refractivity contribution in [3.05, 3.63) is 34.9 Å². The minimum Gasteiger partial charge on any atom is -0.371 e. The SMILES string of the molecule is Cc1ccc(C)c(CC(=O)COC(C)C)c1. The summed E-state index contributed by atoms with van der Waals surface area (Å²) in [5, 5.41) is 0. The smallest absolute Gasteiger partial charge is 0.162 e. The Morgan fingerprint density at radius 3 is 2.62 bits per heavy atom. The molecule has 0 bridgehead atoms. The van der Waals surface area contributed by atoms with Crippen LogP contribution < -0.4 is 0 Å². The molecule has 0 radical (unpaired) electrons. The number of carbonyl (C=O) groups is 1. The van der Waals surface area contributed by atoms with Gasteiger partial charge in [-0.05, 0) is 38.8 Å². The minimum atomic E-state index is 0.113. The molecule has 0 amide bonds. The number of ether oxygens (including phenoxy) is 1. The van der Waals surface area contributed by atoms with Crippen LogP contribution in [0.2, 0.25) is 0 Å². The summed E-state index contributed by atoms with van der Waals surface area (Å²) in [6, 6.07) is 6.19. The molecule has 0 aliphatic rings. The topological polar surface area (TPSA) is 26.3 Å². The number of aryl methyl sites for hydroxylation is 2. The van der Waals surface area contributed by atoms with Crippen LogP contribution in [0.5, 0.6) is 0 Å². The van der Waals surface area contributed by atoms with E-state index in [9.17, 15) is 4.79 Å². The number of hydrogen-bond acceptors (Lipinski definition) is 2. The van der Waals surface area contributed by atoms with Crippen molar-refractivity contribution in [1.29, 1.82) is 0 Å². The fourth-order valence-electron chi connectivity index (χ4n) is 1.51. The van der Waals surface area contributed by atoms with Crippen molar-refractivity contribution in [2.24, 2.45) is 0 Å². The summed E-state index contributed by atoms with van der Waals surface area (Å²) in [7, 11) is 0. The van der Waals surface area contributed by atoms with E-state index < -0.39 is 0 Å². The van der Waals surface area contributed by atoms with Gasteiger partial charge in [-0.3, -0.25) is 4.79 Å². The van der Waals surface area contributed by atoms with Gasteiger partial charge in [0.05, 0.1) is 6.10 Å². The Hall–Kier alpha value is -1.15. The summed E-state index contributed by atoms with van der Waals surface area (Å²) in [6.45, 7) is 8.16. The molecule has 16 heavy (non-hydrogen) atoms. The molecular weight excluding hydrogens is 200 g/mol. The second-order valence-corrected chi connectivity index (χ2v) is 4.51. The van der Waals surface area contributed by atoms with Crippen molar-refractivity contribution >= 4 is 5.78 Å². The number of hydrogen-bond donors (Lipinski definition) is 0. The third kappa shape index (κ3) is 4.15. The van der Waals surface area contributed by atoms with E-state index >= 15 is 0 Å². The Morgan fingerprint density at radius 2 is 2.00 bits per heavy atom. The molecule has 0 saturated carbocycles. The summed E-state index contributed by atoms with van der Waals surface area (Å²) in [5.74, 6) is 0.141. The van der Waals surface area contributed by atoms with Gasteiger partial charge in [-0.1, -0.05) is 23.8 Å². The maximum absolute atomic E-state index is 11.7. The zero-order valence-electron chi connectivity index (χ0n) is 10.5. The monoisotopic (exact) mass is 220 g/mol. The average Bonchev–Trinajstić information content (AvgIpc) is 2.20. The van der Waals surface area contributed by atoms with E-state index in [1.807, 2.05) is 27.7 Å². The molecule has 0 atom stereocenters. The lowest BCUT2D eigenvalue weighted by Gasteiger charge is -2.08. The van der Waals surface area contributed by atoms with Crippen LogP contribution in [0.4, 0.5) is 0 Å². The van der Waals surface area contributed by atoms with E-state index in [1.165, 1.54) is 11.1 Å². The maximum atomic E-state index is 11.7. The Kier molecular flexibility index (Phi) is 4.69. The first-order valence-electron chi connectivity index (χ1n) is 5.68. The van der Waals surface area contributed by atoms with Crippen LogP contribution >= 0.6 is 0 Å². The summed E-state index contributed by atoms with van der Waals surface area (Å²) in [5.41, 5.74) is 3.47. The standard InChI is InChI=1S/C14H20O2/c1-10(2)16-9-14(15)8-13-7-11(3)5-6-12(13)4/h5-7,10H,8-9H2,1-4H3. The van der Waals surface area contributed by atoms with Crippen molar-refractivity contribution in [2.75, 3.05) is 6.61 Å². The van der Waals surface area contributed by atoms with Gasteiger partial charge in [0.25, 0.3) is 0 Å². The second kappa shape index (κ2) is 5.80. The molecule has 0 unspecified atom stereocenters. The van der Waals surface area contributed by atoms with E-state index in [0.29, 0.717) is 6.42 Å². The van der Waals surface area contributed by atoms with Crippen molar-refractivity contribution in [3.8, 4) is 0 Å². The Labute approximate surface area is 97.6 Å². The molecular formula is C14H20O2. The molecule has 0 heterocycles. The van der Waals surface area contributed by atoms with Gasteiger partial charge < -0.3 is 4.74 Å². The van der Waals surface area contributed by atoms with Crippen LogP contribution in [0.15, 0.2) is 18.2 Å². The molecule has 0 N–H and O–H groups in total. The highest BCUT2D eigenvalue weighted by Crippen LogP contribution is 2.11. The largest absolute Gasteiger partial charge is 0.371 e. The summed E-state index contributed by atoms with van der Waals surface area (Å²) in [4.78, 5) is 11.7. The van der Waals surface area contributed by atoms with Gasteiger partial charge in [-0.25, -0.2) is 0 Å². The summed E-state index contributed by atoms with van der Waals surface area (Å²) >= 11 is 0. The van der Waals surface area contributed by atoms with Gasteiger partial charge in [-0.2, -0.15) is 0 Å². The minimum absolute atomic E-state index is 0.113. The highest BCUT2D eigenvalue weighted by molar-refractivity contribution is 5.82. The molecule has 1 aromatic rings. The fourth-order valence-corrected chi connectivity index (χ4v) is 1.51. The van der Waals surface area contributed by atoms with Gasteiger partial charge in [0.2, 0.25) is 0 Å². The molecule has 0 saturated heterocycles. The van der Waals surface area contributed by atoms with E-state index in [4.69, 9.17) is 4.74 Å². The van der Waals surface area contributed by atoms with Crippen LogP contribution in [0.1, 0.15) is 30.5 Å². The zero-order valence-corrected chi connectivity index (χ0v) is 10.5. The summed E-state index contributed by atoms with van der Waals surface area (Å²) < 4.78 is 5.30. The number of ketones is 1. The third-order valence-electron chi connectivity index (χ3n) is 2.47. The molecule has 88 valence electrons. The third-order valence-corrected chi connectivity index (χ3v) is 2.47. The number of carbonyl (C=O) groups excluding carboxylic acids is 1. The molecule has 0 aromatic heterocycles. The number of benzene rings is 1. The van der Waals surface area contributed by atoms with Crippen LogP contribution in [-0.2, 0) is 16.0 Å². The average molecular weight is 220 g/mol. The van der Waals surface area contributed by atoms with Crippen molar-refractivity contribution in [1.82, 2.24) is 0 Å². The molecule has 1 aromatic carbocycles. The maximum Gasteiger partial charge on any atom is 0.162 e. The molecule has 1 rings (SSSR count). The first-order valence-corrected chi connectivity index (χ1v) is 5.68. The number of rotatable bonds is 5.